The van der Waals surface area contributed by atoms with Gasteiger partial charge in [-0.3, -0.25) is 0 Å². The molecule has 1 spiro atoms. The summed E-state index contributed by atoms with van der Waals surface area (Å²) in [5.41, 5.74) is 2.73. The summed E-state index contributed by atoms with van der Waals surface area (Å²) >= 11 is 0. The van der Waals surface area contributed by atoms with Crippen molar-refractivity contribution in [3.8, 4) is 5.75 Å². The van der Waals surface area contributed by atoms with Gasteiger partial charge < -0.3 is 15.0 Å². The fourth-order valence-corrected chi connectivity index (χ4v) is 3.74. The first-order valence-corrected chi connectivity index (χ1v) is 8.26. The van der Waals surface area contributed by atoms with Crippen molar-refractivity contribution >= 4 is 0 Å². The van der Waals surface area contributed by atoms with E-state index in [-0.39, 0.29) is 5.60 Å². The number of fused-ring (bicyclic) bond motifs is 1. The largest absolute Gasteiger partial charge is 0.487 e. The molecule has 21 heavy (non-hydrogen) atoms. The summed E-state index contributed by atoms with van der Waals surface area (Å²) in [6.45, 7) is 4.25. The first-order chi connectivity index (χ1) is 10.1. The Kier molecular flexibility index (Phi) is 4.23. The molecule has 0 saturated heterocycles. The lowest BCUT2D eigenvalue weighted by atomic mass is 9.85. The lowest BCUT2D eigenvalue weighted by Crippen LogP contribution is -2.43. The average molecular weight is 288 g/mol. The Morgan fingerprint density at radius 2 is 2.05 bits per heavy atom. The molecule has 1 atom stereocenters. The highest BCUT2D eigenvalue weighted by molar-refractivity contribution is 5.42. The molecule has 0 radical (unpaired) electrons. The monoisotopic (exact) mass is 288 g/mol. The van der Waals surface area contributed by atoms with E-state index < -0.39 is 0 Å². The second-order valence-corrected chi connectivity index (χ2v) is 7.05. The Hall–Kier alpha value is -1.06. The van der Waals surface area contributed by atoms with Gasteiger partial charge in [0.15, 0.2) is 0 Å². The molecule has 1 aliphatic heterocycles. The van der Waals surface area contributed by atoms with E-state index in [4.69, 9.17) is 4.74 Å². The van der Waals surface area contributed by atoms with Crippen LogP contribution < -0.4 is 10.1 Å². The van der Waals surface area contributed by atoms with Crippen molar-refractivity contribution in [1.82, 2.24) is 10.2 Å². The number of nitrogens with zero attached hydrogens (tertiary/aromatic N) is 1. The van der Waals surface area contributed by atoms with Crippen molar-refractivity contribution in [2.24, 2.45) is 0 Å². The van der Waals surface area contributed by atoms with Gasteiger partial charge in [-0.2, -0.15) is 0 Å². The third-order valence-corrected chi connectivity index (χ3v) is 4.91. The summed E-state index contributed by atoms with van der Waals surface area (Å²) in [5.74, 6) is 1.12. The molecule has 0 aromatic heterocycles. The average Bonchev–Trinajstić information content (AvgIpc) is 2.85. The number of aryl methyl sites for hydroxylation is 1. The molecule has 1 fully saturated rings. The minimum absolute atomic E-state index is 0.0938. The Labute approximate surface area is 128 Å². The van der Waals surface area contributed by atoms with Gasteiger partial charge in [0.1, 0.15) is 11.4 Å². The first kappa shape index (κ1) is 14.9. The molecule has 3 nitrogen and oxygen atoms in total. The molecule has 2 aliphatic rings. The standard InChI is InChI=1S/C18H28N2O/c1-14-6-7-15-16(19-10-11-20(2)3)13-18(8-4-5-9-18)21-17(15)12-14/h6-7,12,16,19H,4-5,8-11,13H2,1-3H3. The predicted molar refractivity (Wildman–Crippen MR) is 86.9 cm³/mol. The molecule has 1 unspecified atom stereocenters. The maximum Gasteiger partial charge on any atom is 0.125 e. The normalized spacial score (nSPS) is 23.3. The third-order valence-electron chi connectivity index (χ3n) is 4.91. The summed E-state index contributed by atoms with van der Waals surface area (Å²) < 4.78 is 6.47. The number of likely N-dealkylation sites (N-methyl/N-ethyl adjacent to an activating group) is 1. The summed E-state index contributed by atoms with van der Waals surface area (Å²) in [5, 5.41) is 3.76. The maximum atomic E-state index is 6.47. The van der Waals surface area contributed by atoms with Crippen LogP contribution in [0.3, 0.4) is 0 Å². The molecule has 1 N–H and O–H groups in total. The van der Waals surface area contributed by atoms with Crippen LogP contribution in [0, 0.1) is 6.92 Å². The van der Waals surface area contributed by atoms with Crippen LogP contribution in [0.5, 0.6) is 5.75 Å². The first-order valence-electron chi connectivity index (χ1n) is 8.26. The zero-order valence-electron chi connectivity index (χ0n) is 13.6. The van der Waals surface area contributed by atoms with Crippen LogP contribution in [0.25, 0.3) is 0 Å². The molecule has 1 aliphatic carbocycles. The highest BCUT2D eigenvalue weighted by atomic mass is 16.5. The summed E-state index contributed by atoms with van der Waals surface area (Å²) in [6, 6.07) is 7.11. The van der Waals surface area contributed by atoms with Crippen LogP contribution >= 0.6 is 0 Å². The van der Waals surface area contributed by atoms with Gasteiger partial charge in [0.2, 0.25) is 0 Å². The summed E-state index contributed by atoms with van der Waals surface area (Å²) in [4.78, 5) is 2.23. The van der Waals surface area contributed by atoms with Gasteiger partial charge in [-0.15, -0.1) is 0 Å². The van der Waals surface area contributed by atoms with E-state index >= 15 is 0 Å². The van der Waals surface area contributed by atoms with Crippen LogP contribution in [0.2, 0.25) is 0 Å². The minimum atomic E-state index is 0.0938. The predicted octanol–water partition coefficient (Wildman–Crippen LogP) is 3.28. The molecule has 3 heteroatoms. The van der Waals surface area contributed by atoms with Gasteiger partial charge in [0, 0.05) is 31.1 Å². The second kappa shape index (κ2) is 5.98. The van der Waals surface area contributed by atoms with Crippen LogP contribution in [0.1, 0.15) is 49.3 Å². The Bertz CT molecular complexity index is 492. The van der Waals surface area contributed by atoms with E-state index in [2.05, 4.69) is 49.4 Å². The van der Waals surface area contributed by atoms with Crippen molar-refractivity contribution in [2.45, 2.75) is 50.7 Å². The molecule has 116 valence electrons. The molecular weight excluding hydrogens is 260 g/mol. The van der Waals surface area contributed by atoms with Crippen LogP contribution in [0.4, 0.5) is 0 Å². The molecule has 1 saturated carbocycles. The number of hydrogen-bond acceptors (Lipinski definition) is 3. The maximum absolute atomic E-state index is 6.47. The highest BCUT2D eigenvalue weighted by Gasteiger charge is 2.42. The second-order valence-electron chi connectivity index (χ2n) is 7.05. The summed E-state index contributed by atoms with van der Waals surface area (Å²) in [6.07, 6.45) is 6.17. The number of benzene rings is 1. The van der Waals surface area contributed by atoms with Gasteiger partial charge in [-0.1, -0.05) is 12.1 Å². The number of hydrogen-bond donors (Lipinski definition) is 1. The molecule has 0 bridgehead atoms. The fourth-order valence-electron chi connectivity index (χ4n) is 3.74. The van der Waals surface area contributed by atoms with Crippen LogP contribution in [0.15, 0.2) is 18.2 Å². The van der Waals surface area contributed by atoms with Crippen LogP contribution in [-0.4, -0.2) is 37.7 Å². The smallest absolute Gasteiger partial charge is 0.125 e. The molecule has 1 aromatic rings. The van der Waals surface area contributed by atoms with E-state index in [1.54, 1.807) is 0 Å². The van der Waals surface area contributed by atoms with Crippen LogP contribution in [-0.2, 0) is 0 Å². The van der Waals surface area contributed by atoms with Gasteiger partial charge in [0.05, 0.1) is 0 Å². The number of nitrogens with one attached hydrogen (secondary N) is 1. The van der Waals surface area contributed by atoms with Crippen molar-refractivity contribution in [3.63, 3.8) is 0 Å². The number of rotatable bonds is 4. The lowest BCUT2D eigenvalue weighted by molar-refractivity contribution is 0.0365. The zero-order valence-corrected chi connectivity index (χ0v) is 13.6. The molecule has 0 amide bonds. The SMILES string of the molecule is Cc1ccc2c(c1)OC1(CCCC1)CC2NCCN(C)C. The lowest BCUT2D eigenvalue weighted by Gasteiger charge is -2.40. The van der Waals surface area contributed by atoms with E-state index in [0.29, 0.717) is 6.04 Å². The zero-order chi connectivity index (χ0) is 14.9. The minimum Gasteiger partial charge on any atom is -0.487 e. The Balaban J connectivity index is 1.81. The Morgan fingerprint density at radius 1 is 1.29 bits per heavy atom. The topological polar surface area (TPSA) is 24.5 Å². The van der Waals surface area contributed by atoms with E-state index in [1.165, 1.54) is 36.8 Å². The fraction of sp³-hybridized carbons (Fsp3) is 0.667. The van der Waals surface area contributed by atoms with E-state index in [9.17, 15) is 0 Å². The molecular formula is C18H28N2O. The van der Waals surface area contributed by atoms with Gasteiger partial charge >= 0.3 is 0 Å². The molecule has 1 aromatic carbocycles. The van der Waals surface area contributed by atoms with Gasteiger partial charge in [-0.05, 0) is 58.3 Å². The molecule has 1 heterocycles. The van der Waals surface area contributed by atoms with E-state index in [0.717, 1.165) is 25.3 Å². The third kappa shape index (κ3) is 3.24. The molecule has 3 rings (SSSR count). The van der Waals surface area contributed by atoms with E-state index in [1.807, 2.05) is 0 Å². The van der Waals surface area contributed by atoms with Crippen molar-refractivity contribution in [1.29, 1.82) is 0 Å². The Morgan fingerprint density at radius 3 is 2.76 bits per heavy atom. The highest BCUT2D eigenvalue weighted by Crippen LogP contribution is 2.47. The quantitative estimate of drug-likeness (QED) is 0.920. The number of ether oxygens (including phenoxy) is 1. The van der Waals surface area contributed by atoms with Crippen molar-refractivity contribution in [3.05, 3.63) is 29.3 Å². The van der Waals surface area contributed by atoms with Gasteiger partial charge in [0.25, 0.3) is 0 Å². The van der Waals surface area contributed by atoms with Gasteiger partial charge in [-0.25, -0.2) is 0 Å². The van der Waals surface area contributed by atoms with Crippen molar-refractivity contribution < 1.29 is 4.74 Å². The summed E-state index contributed by atoms with van der Waals surface area (Å²) in [7, 11) is 4.25. The van der Waals surface area contributed by atoms with Crippen molar-refractivity contribution in [2.75, 3.05) is 27.2 Å².